The maximum atomic E-state index is 11.1. The van der Waals surface area contributed by atoms with E-state index in [1.807, 2.05) is 54.8 Å². The SMILES string of the molecule is COc1cc(OCCCN(C)C)c(-c2cn3ccc(N4CCCN(C#CP(=O)(O)O)CC4)cc3n2)cc1Cl. The predicted octanol–water partition coefficient (Wildman–Crippen LogP) is 3.60. The lowest BCUT2D eigenvalue weighted by atomic mass is 10.1. The maximum absolute atomic E-state index is 11.1. The fourth-order valence-electron chi connectivity index (χ4n) is 4.29. The first-order valence-electron chi connectivity index (χ1n) is 12.4. The van der Waals surface area contributed by atoms with Gasteiger partial charge in [-0.25, -0.2) is 9.55 Å². The van der Waals surface area contributed by atoms with E-state index in [2.05, 4.69) is 15.8 Å². The van der Waals surface area contributed by atoms with E-state index in [1.165, 1.54) is 0 Å². The van der Waals surface area contributed by atoms with Gasteiger partial charge in [0, 0.05) is 80.2 Å². The Morgan fingerprint density at radius 1 is 1.16 bits per heavy atom. The molecule has 0 amide bonds. The van der Waals surface area contributed by atoms with Gasteiger partial charge in [0.25, 0.3) is 0 Å². The highest BCUT2D eigenvalue weighted by Gasteiger charge is 2.18. The quantitative estimate of drug-likeness (QED) is 0.242. The Morgan fingerprint density at radius 2 is 1.97 bits per heavy atom. The highest BCUT2D eigenvalue weighted by molar-refractivity contribution is 7.57. The lowest BCUT2D eigenvalue weighted by molar-refractivity contribution is 0.281. The van der Waals surface area contributed by atoms with E-state index >= 15 is 0 Å². The van der Waals surface area contributed by atoms with Crippen molar-refractivity contribution in [3.05, 3.63) is 41.7 Å². The molecule has 1 aromatic carbocycles. The Balaban J connectivity index is 1.56. The third-order valence-corrected chi connectivity index (χ3v) is 6.88. The zero-order valence-electron chi connectivity index (χ0n) is 21.8. The van der Waals surface area contributed by atoms with Gasteiger partial charge in [0.15, 0.2) is 0 Å². The van der Waals surface area contributed by atoms with Gasteiger partial charge in [-0.2, -0.15) is 0 Å². The number of fused-ring (bicyclic) bond motifs is 1. The zero-order chi connectivity index (χ0) is 27.3. The van der Waals surface area contributed by atoms with Crippen molar-refractivity contribution in [3.63, 3.8) is 0 Å². The van der Waals surface area contributed by atoms with Crippen molar-refractivity contribution in [2.24, 2.45) is 0 Å². The number of imidazole rings is 1. The smallest absolute Gasteiger partial charge is 0.402 e. The molecule has 2 aromatic heterocycles. The van der Waals surface area contributed by atoms with Gasteiger partial charge in [-0.05, 0) is 39.1 Å². The van der Waals surface area contributed by atoms with E-state index in [0.717, 1.165) is 48.5 Å². The molecule has 1 saturated heterocycles. The Kier molecular flexibility index (Phi) is 9.08. The van der Waals surface area contributed by atoms with Crippen LogP contribution in [0.4, 0.5) is 5.69 Å². The average molecular weight is 562 g/mol. The molecule has 204 valence electrons. The maximum Gasteiger partial charge on any atom is 0.402 e. The third-order valence-electron chi connectivity index (χ3n) is 6.20. The number of aromatic nitrogens is 2. The Hall–Kier alpha value is -2.93. The molecule has 0 atom stereocenters. The van der Waals surface area contributed by atoms with Crippen molar-refractivity contribution < 1.29 is 23.8 Å². The topological polar surface area (TPSA) is 103 Å². The van der Waals surface area contributed by atoms with Crippen LogP contribution in [-0.2, 0) is 4.57 Å². The summed E-state index contributed by atoms with van der Waals surface area (Å²) in [6, 6.07) is 10.3. The van der Waals surface area contributed by atoms with Crippen LogP contribution in [0.2, 0.25) is 5.02 Å². The molecule has 38 heavy (non-hydrogen) atoms. The van der Waals surface area contributed by atoms with Crippen molar-refractivity contribution in [2.75, 3.05) is 65.4 Å². The summed E-state index contributed by atoms with van der Waals surface area (Å²) in [6.07, 6.45) is 5.62. The number of methoxy groups -OCH3 is 1. The highest BCUT2D eigenvalue weighted by atomic mass is 35.5. The summed E-state index contributed by atoms with van der Waals surface area (Å²) in [5.74, 6) is 1.21. The lowest BCUT2D eigenvalue weighted by Crippen LogP contribution is -2.28. The van der Waals surface area contributed by atoms with E-state index < -0.39 is 7.60 Å². The number of hydrogen-bond donors (Lipinski definition) is 2. The van der Waals surface area contributed by atoms with Crippen LogP contribution >= 0.6 is 19.2 Å². The molecule has 1 aliphatic heterocycles. The van der Waals surface area contributed by atoms with Gasteiger partial charge in [-0.15, -0.1) is 0 Å². The van der Waals surface area contributed by atoms with E-state index in [1.54, 1.807) is 18.1 Å². The van der Waals surface area contributed by atoms with Gasteiger partial charge >= 0.3 is 7.60 Å². The number of anilines is 1. The summed E-state index contributed by atoms with van der Waals surface area (Å²) in [5, 5.41) is 0.483. The fraction of sp³-hybridized carbons (Fsp3) is 0.423. The minimum Gasteiger partial charge on any atom is -0.495 e. The van der Waals surface area contributed by atoms with Crippen LogP contribution in [0.3, 0.4) is 0 Å². The number of rotatable bonds is 8. The standard InChI is InChI=1S/C26H33ClN5O5P/c1-29(2)7-5-14-37-24-18-25(36-3)22(27)17-21(24)23-19-32-10-6-20(16-26(32)28-23)31-9-4-8-30(11-12-31)13-15-38(33,34)35/h6,10,16-19H,4-5,7-9,11-12,14H2,1-3H3,(H2,33,34,35). The monoisotopic (exact) mass is 561 g/mol. The van der Waals surface area contributed by atoms with Crippen LogP contribution in [0, 0.1) is 11.7 Å². The molecule has 0 radical (unpaired) electrons. The molecule has 3 heterocycles. The van der Waals surface area contributed by atoms with Crippen molar-refractivity contribution in [3.8, 4) is 34.5 Å². The molecule has 3 aromatic rings. The van der Waals surface area contributed by atoms with Crippen LogP contribution in [0.1, 0.15) is 12.8 Å². The van der Waals surface area contributed by atoms with Crippen molar-refractivity contribution >= 4 is 30.5 Å². The molecular formula is C26H33ClN5O5P. The molecular weight excluding hydrogens is 529 g/mol. The minimum atomic E-state index is -4.35. The van der Waals surface area contributed by atoms with E-state index in [0.29, 0.717) is 42.8 Å². The van der Waals surface area contributed by atoms with E-state index in [-0.39, 0.29) is 0 Å². The normalized spacial score (nSPS) is 14.4. The largest absolute Gasteiger partial charge is 0.495 e. The van der Waals surface area contributed by atoms with Gasteiger partial charge < -0.3 is 38.4 Å². The summed E-state index contributed by atoms with van der Waals surface area (Å²) in [5.41, 5.74) is 5.37. The van der Waals surface area contributed by atoms with E-state index in [9.17, 15) is 4.57 Å². The summed E-state index contributed by atoms with van der Waals surface area (Å²) in [4.78, 5) is 29.1. The molecule has 0 bridgehead atoms. The molecule has 0 saturated carbocycles. The minimum absolute atomic E-state index is 0.483. The van der Waals surface area contributed by atoms with Gasteiger partial charge in [0.2, 0.25) is 0 Å². The Bertz CT molecular complexity index is 1380. The second-order valence-corrected chi connectivity index (χ2v) is 11.1. The number of pyridine rings is 1. The van der Waals surface area contributed by atoms with Crippen LogP contribution in [0.5, 0.6) is 11.5 Å². The zero-order valence-corrected chi connectivity index (χ0v) is 23.5. The fourth-order valence-corrected chi connectivity index (χ4v) is 4.81. The van der Waals surface area contributed by atoms with Crippen molar-refractivity contribution in [1.29, 1.82) is 0 Å². The molecule has 12 heteroatoms. The summed E-state index contributed by atoms with van der Waals surface area (Å²) in [6.45, 7) is 4.18. The van der Waals surface area contributed by atoms with E-state index in [4.69, 9.17) is 35.8 Å². The third kappa shape index (κ3) is 7.34. The summed E-state index contributed by atoms with van der Waals surface area (Å²) < 4.78 is 24.6. The van der Waals surface area contributed by atoms with Crippen LogP contribution in [0.25, 0.3) is 16.9 Å². The van der Waals surface area contributed by atoms with Gasteiger partial charge in [-0.3, -0.25) is 0 Å². The predicted molar refractivity (Wildman–Crippen MR) is 149 cm³/mol. The van der Waals surface area contributed by atoms with Crippen LogP contribution < -0.4 is 14.4 Å². The van der Waals surface area contributed by atoms with Crippen molar-refractivity contribution in [1.82, 2.24) is 19.2 Å². The summed E-state index contributed by atoms with van der Waals surface area (Å²) >= 11 is 6.47. The molecule has 10 nitrogen and oxygen atoms in total. The molecule has 0 aliphatic carbocycles. The molecule has 1 fully saturated rings. The summed E-state index contributed by atoms with van der Waals surface area (Å²) in [7, 11) is 1.29. The van der Waals surface area contributed by atoms with Crippen molar-refractivity contribution in [2.45, 2.75) is 12.8 Å². The molecule has 0 spiro atoms. The Labute approximate surface area is 227 Å². The molecule has 4 rings (SSSR count). The Morgan fingerprint density at radius 3 is 2.71 bits per heavy atom. The van der Waals surface area contributed by atoms with Gasteiger partial charge in [0.05, 0.1) is 24.4 Å². The molecule has 1 aliphatic rings. The number of hydrogen-bond acceptors (Lipinski definition) is 7. The number of halogens is 1. The average Bonchev–Trinajstić information content (AvgIpc) is 3.14. The van der Waals surface area contributed by atoms with Crippen LogP contribution in [0.15, 0.2) is 36.7 Å². The number of ether oxygens (including phenoxy) is 2. The molecule has 0 unspecified atom stereocenters. The second kappa shape index (κ2) is 12.3. The first-order valence-corrected chi connectivity index (χ1v) is 14.3. The second-order valence-electron chi connectivity index (χ2n) is 9.36. The highest BCUT2D eigenvalue weighted by Crippen LogP contribution is 2.38. The van der Waals surface area contributed by atoms with Gasteiger partial charge in [-0.1, -0.05) is 11.6 Å². The lowest BCUT2D eigenvalue weighted by Gasteiger charge is -2.22. The molecule has 2 N–H and O–H groups in total. The number of benzene rings is 1. The van der Waals surface area contributed by atoms with Gasteiger partial charge in [0.1, 0.15) is 17.1 Å². The first-order chi connectivity index (χ1) is 18.1. The number of nitrogens with zero attached hydrogens (tertiary/aromatic N) is 5. The first kappa shape index (κ1) is 28.1. The van der Waals surface area contributed by atoms with Crippen LogP contribution in [-0.4, -0.2) is 89.5 Å².